The van der Waals surface area contributed by atoms with Crippen molar-refractivity contribution in [3.05, 3.63) is 23.8 Å². The molecular formula is C30H43NO. The van der Waals surface area contributed by atoms with Crippen molar-refractivity contribution in [2.75, 3.05) is 0 Å². The lowest BCUT2D eigenvalue weighted by atomic mass is 9.48. The Hall–Kier alpha value is -1.05. The van der Waals surface area contributed by atoms with E-state index in [1.807, 2.05) is 0 Å². The molecule has 8 aliphatic carbocycles. The van der Waals surface area contributed by atoms with Gasteiger partial charge in [-0.1, -0.05) is 38.5 Å². The largest absolute Gasteiger partial charge is 0.352 e. The molecule has 0 aromatic carbocycles. The van der Waals surface area contributed by atoms with E-state index in [9.17, 15) is 4.79 Å². The molecule has 2 heteroatoms. The molecule has 1 N–H and O–H groups in total. The third-order valence-electron chi connectivity index (χ3n) is 12.3. The first kappa shape index (κ1) is 20.3. The van der Waals surface area contributed by atoms with Gasteiger partial charge < -0.3 is 5.32 Å². The molecule has 8 aliphatic rings. The first-order valence-corrected chi connectivity index (χ1v) is 14.1. The number of hydrogen-bond acceptors (Lipinski definition) is 1. The molecule has 6 atom stereocenters. The van der Waals surface area contributed by atoms with Gasteiger partial charge in [0.2, 0.25) is 5.91 Å². The van der Waals surface area contributed by atoms with Gasteiger partial charge in [0, 0.05) is 6.04 Å². The van der Waals surface area contributed by atoms with Gasteiger partial charge in [-0.2, -0.15) is 0 Å². The molecule has 0 spiro atoms. The fourth-order valence-electron chi connectivity index (χ4n) is 11.0. The Balaban J connectivity index is 1.10. The predicted molar refractivity (Wildman–Crippen MR) is 129 cm³/mol. The molecule has 6 fully saturated rings. The maximum atomic E-state index is 13.6. The minimum atomic E-state index is 0.0741. The van der Waals surface area contributed by atoms with Crippen LogP contribution in [-0.4, -0.2) is 11.9 Å². The molecule has 6 saturated carbocycles. The molecule has 2 nitrogen and oxygen atoms in total. The second kappa shape index (κ2) is 6.98. The van der Waals surface area contributed by atoms with E-state index in [2.05, 4.69) is 37.4 Å². The Kier molecular flexibility index (Phi) is 4.44. The summed E-state index contributed by atoms with van der Waals surface area (Å²) in [7, 11) is 0. The summed E-state index contributed by atoms with van der Waals surface area (Å²) >= 11 is 0. The summed E-state index contributed by atoms with van der Waals surface area (Å²) in [6, 6.07) is 0.474. The summed E-state index contributed by atoms with van der Waals surface area (Å²) in [4.78, 5) is 13.6. The average molecular weight is 434 g/mol. The van der Waals surface area contributed by atoms with Crippen LogP contribution >= 0.6 is 0 Å². The van der Waals surface area contributed by atoms with Crippen molar-refractivity contribution in [3.8, 4) is 0 Å². The Morgan fingerprint density at radius 3 is 2.47 bits per heavy atom. The molecule has 0 saturated heterocycles. The molecule has 0 aromatic rings. The van der Waals surface area contributed by atoms with Crippen LogP contribution in [0.2, 0.25) is 0 Å². The Morgan fingerprint density at radius 2 is 1.72 bits per heavy atom. The molecule has 174 valence electrons. The number of hydrogen-bond donors (Lipinski definition) is 1. The lowest BCUT2D eigenvalue weighted by molar-refractivity contribution is -0.129. The number of carbonyl (C=O) groups excluding carboxylic acids is 1. The van der Waals surface area contributed by atoms with E-state index in [4.69, 9.17) is 0 Å². The number of amides is 1. The first-order valence-electron chi connectivity index (χ1n) is 14.1. The second-order valence-electron chi connectivity index (χ2n) is 13.9. The summed E-state index contributed by atoms with van der Waals surface area (Å²) in [5.74, 6) is 6.45. The van der Waals surface area contributed by atoms with Crippen molar-refractivity contribution in [1.29, 1.82) is 0 Å². The highest BCUT2D eigenvalue weighted by molar-refractivity contribution is 5.81. The van der Waals surface area contributed by atoms with E-state index < -0.39 is 0 Å². The zero-order valence-corrected chi connectivity index (χ0v) is 20.3. The Labute approximate surface area is 195 Å². The first-order chi connectivity index (χ1) is 15.4. The standard InChI is InChI=1S/C30H43NO/c1-29-10-3-4-25(29)24-8-7-23-6-5-20(17-30(23,2)26(24)9-11-29)28(32)31-27-21-13-18-12-19(15-21)16-22(27)14-18/h5-7,18-22,24-27H,3-4,8-17H2,1-2H3,(H,31,32)/t18?,19?,20?,21?,22?,24-,25-,26+,27?,29-,30-/m0/s1. The number of rotatable bonds is 2. The van der Waals surface area contributed by atoms with Crippen LogP contribution in [0.3, 0.4) is 0 Å². The normalized spacial score (nSPS) is 55.1. The van der Waals surface area contributed by atoms with E-state index in [1.54, 1.807) is 5.57 Å². The summed E-state index contributed by atoms with van der Waals surface area (Å²) in [6.07, 6.45) is 23.7. The van der Waals surface area contributed by atoms with E-state index in [0.29, 0.717) is 17.4 Å². The molecule has 4 bridgehead atoms. The lowest BCUT2D eigenvalue weighted by Gasteiger charge is -2.57. The highest BCUT2D eigenvalue weighted by Crippen LogP contribution is 2.64. The van der Waals surface area contributed by atoms with Gasteiger partial charge in [0.25, 0.3) is 0 Å². The Morgan fingerprint density at radius 1 is 0.969 bits per heavy atom. The maximum absolute atomic E-state index is 13.6. The monoisotopic (exact) mass is 433 g/mol. The Bertz CT molecular complexity index is 842. The quantitative estimate of drug-likeness (QED) is 0.517. The SMILES string of the molecule is C[C@@]12CCC[C@H]1[C@@H]1CC=C3C=CC(C(=O)NC4C5CC6CC(C5)CC4C6)C[C@]3(C)[C@@H]1CC2. The molecule has 0 aliphatic heterocycles. The molecular weight excluding hydrogens is 390 g/mol. The zero-order valence-electron chi connectivity index (χ0n) is 20.3. The minimum Gasteiger partial charge on any atom is -0.352 e. The summed E-state index contributed by atoms with van der Waals surface area (Å²) < 4.78 is 0. The number of carbonyl (C=O) groups is 1. The maximum Gasteiger partial charge on any atom is 0.227 e. The van der Waals surface area contributed by atoms with E-state index in [1.165, 1.54) is 70.6 Å². The highest BCUT2D eigenvalue weighted by atomic mass is 16.1. The van der Waals surface area contributed by atoms with Crippen LogP contribution in [0.4, 0.5) is 0 Å². The zero-order chi connectivity index (χ0) is 21.7. The van der Waals surface area contributed by atoms with Gasteiger partial charge in [0.1, 0.15) is 0 Å². The lowest BCUT2D eigenvalue weighted by Crippen LogP contribution is -2.57. The van der Waals surface area contributed by atoms with Gasteiger partial charge >= 0.3 is 0 Å². The molecule has 1 unspecified atom stereocenters. The molecule has 1 amide bonds. The van der Waals surface area contributed by atoms with Crippen molar-refractivity contribution in [2.45, 2.75) is 96.9 Å². The van der Waals surface area contributed by atoms with Gasteiger partial charge in [-0.25, -0.2) is 0 Å². The van der Waals surface area contributed by atoms with Crippen LogP contribution in [-0.2, 0) is 4.79 Å². The van der Waals surface area contributed by atoms with E-state index in [-0.39, 0.29) is 11.3 Å². The minimum absolute atomic E-state index is 0.0741. The summed E-state index contributed by atoms with van der Waals surface area (Å²) in [6.45, 7) is 5.12. The van der Waals surface area contributed by atoms with Gasteiger partial charge in [-0.15, -0.1) is 0 Å². The van der Waals surface area contributed by atoms with E-state index in [0.717, 1.165) is 47.8 Å². The predicted octanol–water partition coefficient (Wildman–Crippen LogP) is 6.67. The highest BCUT2D eigenvalue weighted by Gasteiger charge is 2.56. The van der Waals surface area contributed by atoms with Crippen LogP contribution < -0.4 is 5.32 Å². The fourth-order valence-corrected chi connectivity index (χ4v) is 11.0. The van der Waals surface area contributed by atoms with Crippen molar-refractivity contribution >= 4 is 5.91 Å². The van der Waals surface area contributed by atoms with Crippen LogP contribution in [0.1, 0.15) is 90.9 Å². The van der Waals surface area contributed by atoms with Crippen molar-refractivity contribution in [2.24, 2.45) is 58.2 Å². The van der Waals surface area contributed by atoms with Crippen molar-refractivity contribution in [3.63, 3.8) is 0 Å². The summed E-state index contributed by atoms with van der Waals surface area (Å²) in [5, 5.41) is 3.65. The topological polar surface area (TPSA) is 29.1 Å². The van der Waals surface area contributed by atoms with Crippen LogP contribution in [0.15, 0.2) is 23.8 Å². The average Bonchev–Trinajstić information content (AvgIpc) is 3.16. The fraction of sp³-hybridized carbons (Fsp3) is 0.833. The molecule has 8 rings (SSSR count). The summed E-state index contributed by atoms with van der Waals surface area (Å²) in [5.41, 5.74) is 2.36. The third-order valence-corrected chi connectivity index (χ3v) is 12.3. The van der Waals surface area contributed by atoms with Gasteiger partial charge in [0.05, 0.1) is 5.92 Å². The number of fused-ring (bicyclic) bond motifs is 5. The second-order valence-corrected chi connectivity index (χ2v) is 13.9. The van der Waals surface area contributed by atoms with Gasteiger partial charge in [0.15, 0.2) is 0 Å². The van der Waals surface area contributed by atoms with Crippen LogP contribution in [0.25, 0.3) is 0 Å². The molecule has 32 heavy (non-hydrogen) atoms. The molecule has 0 aromatic heterocycles. The van der Waals surface area contributed by atoms with Crippen molar-refractivity contribution < 1.29 is 4.79 Å². The van der Waals surface area contributed by atoms with E-state index >= 15 is 0 Å². The van der Waals surface area contributed by atoms with Crippen LogP contribution in [0, 0.1) is 58.2 Å². The van der Waals surface area contributed by atoms with Crippen molar-refractivity contribution in [1.82, 2.24) is 5.32 Å². The van der Waals surface area contributed by atoms with Gasteiger partial charge in [-0.3, -0.25) is 4.79 Å². The number of nitrogens with one attached hydrogen (secondary N) is 1. The number of allylic oxidation sites excluding steroid dienone is 3. The van der Waals surface area contributed by atoms with Gasteiger partial charge in [-0.05, 0) is 128 Å². The molecule has 0 radical (unpaired) electrons. The third kappa shape index (κ3) is 2.86. The van der Waals surface area contributed by atoms with Crippen LogP contribution in [0.5, 0.6) is 0 Å². The molecule has 0 heterocycles. The smallest absolute Gasteiger partial charge is 0.227 e.